The van der Waals surface area contributed by atoms with Crippen molar-refractivity contribution in [3.05, 3.63) is 48.5 Å². The smallest absolute Gasteiger partial charge is 0.322 e. The van der Waals surface area contributed by atoms with Crippen LogP contribution >= 0.6 is 0 Å². The maximum atomic E-state index is 10.9. The Morgan fingerprint density at radius 3 is 2.58 bits per heavy atom. The van der Waals surface area contributed by atoms with E-state index in [-0.39, 0.29) is 12.3 Å². The number of para-hydroxylation sites is 2. The minimum Gasteiger partial charge on any atom is -0.507 e. The predicted octanol–water partition coefficient (Wildman–Crippen LogP) is 1.83. The maximum absolute atomic E-state index is 10.9. The molecule has 0 radical (unpaired) electrons. The summed E-state index contributed by atoms with van der Waals surface area (Å²) in [6.45, 7) is 0.0244. The first-order valence-electron chi connectivity index (χ1n) is 7.33. The number of nitrogens with zero attached hydrogens (tertiary/aromatic N) is 2. The molecule has 24 heavy (non-hydrogen) atoms. The number of benzene rings is 2. The molecule has 3 rings (SSSR count). The van der Waals surface area contributed by atoms with E-state index in [0.29, 0.717) is 22.7 Å². The summed E-state index contributed by atoms with van der Waals surface area (Å²) in [4.78, 5) is 19.8. The van der Waals surface area contributed by atoms with Crippen LogP contribution in [0.15, 0.2) is 48.5 Å². The Morgan fingerprint density at radius 1 is 1.12 bits per heavy atom. The highest BCUT2D eigenvalue weighted by atomic mass is 16.4. The summed E-state index contributed by atoms with van der Waals surface area (Å²) in [7, 11) is 0. The number of hydrogen-bond acceptors (Lipinski definition) is 6. The molecule has 1 aromatic heterocycles. The average Bonchev–Trinajstić information content (AvgIpc) is 2.59. The summed E-state index contributed by atoms with van der Waals surface area (Å²) in [6, 6.07) is 13.1. The largest absolute Gasteiger partial charge is 0.507 e. The van der Waals surface area contributed by atoms with Gasteiger partial charge in [-0.1, -0.05) is 24.3 Å². The van der Waals surface area contributed by atoms with Crippen molar-refractivity contribution < 1.29 is 15.0 Å². The molecule has 0 spiro atoms. The van der Waals surface area contributed by atoms with Gasteiger partial charge in [0.15, 0.2) is 5.82 Å². The van der Waals surface area contributed by atoms with E-state index >= 15 is 0 Å². The molecule has 2 aromatic carbocycles. The number of aromatic hydroxyl groups is 1. The molecule has 0 aliphatic heterocycles. The van der Waals surface area contributed by atoms with Crippen LogP contribution in [-0.4, -0.2) is 38.7 Å². The lowest BCUT2D eigenvalue weighted by molar-refractivity contribution is -0.138. The van der Waals surface area contributed by atoms with E-state index in [2.05, 4.69) is 15.3 Å². The van der Waals surface area contributed by atoms with Gasteiger partial charge in [-0.25, -0.2) is 9.97 Å². The van der Waals surface area contributed by atoms with Crippen LogP contribution in [0.3, 0.4) is 0 Å². The second-order valence-corrected chi connectivity index (χ2v) is 5.26. The van der Waals surface area contributed by atoms with E-state index in [9.17, 15) is 9.90 Å². The molecule has 0 amide bonds. The van der Waals surface area contributed by atoms with E-state index < -0.39 is 12.0 Å². The molecule has 0 saturated carbocycles. The van der Waals surface area contributed by atoms with Crippen molar-refractivity contribution in [3.63, 3.8) is 0 Å². The number of aliphatic carboxylic acids is 1. The number of nitrogens with two attached hydrogens (primary N) is 1. The van der Waals surface area contributed by atoms with Crippen LogP contribution in [-0.2, 0) is 4.79 Å². The van der Waals surface area contributed by atoms with Gasteiger partial charge < -0.3 is 21.3 Å². The standard InChI is InChI=1S/C17H16N4O3/c18-12(17(23)24)9-19-15-10-5-1-3-7-13(10)20-16(21-15)11-6-2-4-8-14(11)22/h1-8,12,22H,9,18H2,(H,23,24)(H,19,20,21). The first-order chi connectivity index (χ1) is 11.6. The van der Waals surface area contributed by atoms with Crippen molar-refractivity contribution in [2.75, 3.05) is 11.9 Å². The SMILES string of the molecule is NC(CNc1nc(-c2ccccc2O)nc2ccccc12)C(=O)O. The fourth-order valence-electron chi connectivity index (χ4n) is 2.29. The third-order valence-corrected chi connectivity index (χ3v) is 3.55. The topological polar surface area (TPSA) is 121 Å². The number of phenolic OH excluding ortho intramolecular Hbond substituents is 1. The number of carbonyl (C=O) groups is 1. The Hall–Kier alpha value is -3.19. The number of hydrogen-bond donors (Lipinski definition) is 4. The van der Waals surface area contributed by atoms with Crippen LogP contribution in [0.1, 0.15) is 0 Å². The molecule has 0 saturated heterocycles. The van der Waals surface area contributed by atoms with Crippen LogP contribution in [0.25, 0.3) is 22.3 Å². The van der Waals surface area contributed by atoms with Gasteiger partial charge in [0.1, 0.15) is 17.6 Å². The molecular formula is C17H16N4O3. The van der Waals surface area contributed by atoms with Gasteiger partial charge in [0.05, 0.1) is 11.1 Å². The monoisotopic (exact) mass is 324 g/mol. The van der Waals surface area contributed by atoms with Gasteiger partial charge in [-0.2, -0.15) is 0 Å². The zero-order valence-corrected chi connectivity index (χ0v) is 12.7. The molecular weight excluding hydrogens is 308 g/mol. The Morgan fingerprint density at radius 2 is 1.83 bits per heavy atom. The molecule has 0 fully saturated rings. The molecule has 7 heteroatoms. The van der Waals surface area contributed by atoms with E-state index in [1.54, 1.807) is 24.3 Å². The number of nitrogens with one attached hydrogen (secondary N) is 1. The number of carboxylic acids is 1. The highest BCUT2D eigenvalue weighted by Gasteiger charge is 2.15. The van der Waals surface area contributed by atoms with E-state index in [0.717, 1.165) is 5.39 Å². The summed E-state index contributed by atoms with van der Waals surface area (Å²) in [5, 5.41) is 22.6. The molecule has 0 aliphatic rings. The number of phenols is 1. The van der Waals surface area contributed by atoms with E-state index in [1.807, 2.05) is 24.3 Å². The summed E-state index contributed by atoms with van der Waals surface area (Å²) < 4.78 is 0. The molecule has 7 nitrogen and oxygen atoms in total. The van der Waals surface area contributed by atoms with E-state index in [1.165, 1.54) is 0 Å². The van der Waals surface area contributed by atoms with Crippen LogP contribution in [0.5, 0.6) is 5.75 Å². The minimum atomic E-state index is -1.10. The third-order valence-electron chi connectivity index (χ3n) is 3.55. The van der Waals surface area contributed by atoms with Crippen molar-refractivity contribution in [2.45, 2.75) is 6.04 Å². The second-order valence-electron chi connectivity index (χ2n) is 5.26. The van der Waals surface area contributed by atoms with Crippen LogP contribution in [0, 0.1) is 0 Å². The number of carboxylic acid groups (broad SMARTS) is 1. The van der Waals surface area contributed by atoms with Gasteiger partial charge in [0, 0.05) is 11.9 Å². The quantitative estimate of drug-likeness (QED) is 0.565. The maximum Gasteiger partial charge on any atom is 0.322 e. The normalized spacial score (nSPS) is 12.0. The Balaban J connectivity index is 2.06. The first kappa shape index (κ1) is 15.7. The van der Waals surface area contributed by atoms with Crippen molar-refractivity contribution in [3.8, 4) is 17.1 Å². The lowest BCUT2D eigenvalue weighted by atomic mass is 10.1. The highest BCUT2D eigenvalue weighted by molar-refractivity contribution is 5.91. The Bertz CT molecular complexity index is 898. The molecule has 1 atom stereocenters. The van der Waals surface area contributed by atoms with Crippen molar-refractivity contribution in [1.29, 1.82) is 0 Å². The minimum absolute atomic E-state index is 0.0244. The summed E-state index contributed by atoms with van der Waals surface area (Å²) in [6.07, 6.45) is 0. The summed E-state index contributed by atoms with van der Waals surface area (Å²) in [5.41, 5.74) is 6.71. The van der Waals surface area contributed by atoms with Gasteiger partial charge in [-0.15, -0.1) is 0 Å². The number of anilines is 1. The molecule has 5 N–H and O–H groups in total. The molecule has 3 aromatic rings. The number of aromatic nitrogens is 2. The molecule has 122 valence electrons. The zero-order valence-electron chi connectivity index (χ0n) is 12.7. The van der Waals surface area contributed by atoms with Crippen LogP contribution < -0.4 is 11.1 Å². The van der Waals surface area contributed by atoms with Crippen molar-refractivity contribution in [2.24, 2.45) is 5.73 Å². The molecule has 1 heterocycles. The zero-order chi connectivity index (χ0) is 17.1. The fraction of sp³-hybridized carbons (Fsp3) is 0.118. The van der Waals surface area contributed by atoms with Gasteiger partial charge >= 0.3 is 5.97 Å². The lowest BCUT2D eigenvalue weighted by Gasteiger charge is -2.13. The second kappa shape index (κ2) is 6.51. The summed E-state index contributed by atoms with van der Waals surface area (Å²) in [5.74, 6) is -0.212. The van der Waals surface area contributed by atoms with Crippen LogP contribution in [0.4, 0.5) is 5.82 Å². The van der Waals surface area contributed by atoms with Gasteiger partial charge in [0.2, 0.25) is 0 Å². The van der Waals surface area contributed by atoms with Gasteiger partial charge in [-0.3, -0.25) is 4.79 Å². The molecule has 1 unspecified atom stereocenters. The summed E-state index contributed by atoms with van der Waals surface area (Å²) >= 11 is 0. The Labute approximate surface area is 137 Å². The number of rotatable bonds is 5. The highest BCUT2D eigenvalue weighted by Crippen LogP contribution is 2.29. The lowest BCUT2D eigenvalue weighted by Crippen LogP contribution is -2.37. The average molecular weight is 324 g/mol. The predicted molar refractivity (Wildman–Crippen MR) is 90.7 cm³/mol. The molecule has 0 bridgehead atoms. The first-order valence-corrected chi connectivity index (χ1v) is 7.33. The third kappa shape index (κ3) is 3.11. The van der Waals surface area contributed by atoms with Crippen molar-refractivity contribution in [1.82, 2.24) is 9.97 Å². The van der Waals surface area contributed by atoms with Crippen molar-refractivity contribution >= 4 is 22.7 Å². The number of fused-ring (bicyclic) bond motifs is 1. The Kier molecular flexibility index (Phi) is 4.26. The van der Waals surface area contributed by atoms with Gasteiger partial charge in [-0.05, 0) is 24.3 Å². The van der Waals surface area contributed by atoms with E-state index in [4.69, 9.17) is 10.8 Å². The fourth-order valence-corrected chi connectivity index (χ4v) is 2.29. The van der Waals surface area contributed by atoms with Gasteiger partial charge in [0.25, 0.3) is 0 Å². The molecule has 0 aliphatic carbocycles. The van der Waals surface area contributed by atoms with Crippen LogP contribution in [0.2, 0.25) is 0 Å².